The summed E-state index contributed by atoms with van der Waals surface area (Å²) < 4.78 is 8.33. The number of carbonyl (C=O) groups is 1. The molecule has 0 saturated heterocycles. The van der Waals surface area contributed by atoms with Crippen molar-refractivity contribution in [1.29, 1.82) is 0 Å². The van der Waals surface area contributed by atoms with E-state index in [2.05, 4.69) is 5.10 Å². The van der Waals surface area contributed by atoms with Crippen molar-refractivity contribution >= 4 is 11.6 Å². The molecule has 1 aromatic carbocycles. The van der Waals surface area contributed by atoms with Crippen LogP contribution in [0.25, 0.3) is 0 Å². The van der Waals surface area contributed by atoms with E-state index in [0.29, 0.717) is 19.0 Å². The molecule has 0 aliphatic carbocycles. The normalized spacial score (nSPS) is 13.7. The zero-order valence-electron chi connectivity index (χ0n) is 13.8. The fourth-order valence-corrected chi connectivity index (χ4v) is 2.85. The molecule has 0 atom stereocenters. The molecular weight excluding hydrogens is 296 g/mol. The van der Waals surface area contributed by atoms with Crippen molar-refractivity contribution in [2.75, 3.05) is 18.1 Å². The molecule has 1 aromatic heterocycles. The van der Waals surface area contributed by atoms with Crippen LogP contribution < -0.4 is 15.3 Å². The van der Waals surface area contributed by atoms with Gasteiger partial charge in [-0.05, 0) is 38.0 Å². The Labute approximate surface area is 134 Å². The first kappa shape index (κ1) is 15.3. The van der Waals surface area contributed by atoms with Crippen LogP contribution >= 0.6 is 0 Å². The smallest absolute Gasteiger partial charge is 0.346 e. The summed E-state index contributed by atoms with van der Waals surface area (Å²) >= 11 is 0. The summed E-state index contributed by atoms with van der Waals surface area (Å²) in [5.74, 6) is 1.15. The van der Waals surface area contributed by atoms with Gasteiger partial charge in [0, 0.05) is 7.05 Å². The Morgan fingerprint density at radius 1 is 1.30 bits per heavy atom. The third-order valence-electron chi connectivity index (χ3n) is 4.10. The number of nitrogens with zero attached hydrogens (tertiary/aromatic N) is 4. The molecule has 2 heterocycles. The number of ether oxygens (including phenoxy) is 1. The van der Waals surface area contributed by atoms with Gasteiger partial charge in [-0.2, -0.15) is 5.10 Å². The van der Waals surface area contributed by atoms with Gasteiger partial charge in [0.15, 0.2) is 0 Å². The molecule has 23 heavy (non-hydrogen) atoms. The average Bonchev–Trinajstić information content (AvgIpc) is 2.74. The molecule has 0 fully saturated rings. The summed E-state index contributed by atoms with van der Waals surface area (Å²) in [6, 6.07) is 3.96. The molecule has 1 aliphatic heterocycles. The minimum absolute atomic E-state index is 0.0764. The van der Waals surface area contributed by atoms with Gasteiger partial charge in [-0.15, -0.1) is 0 Å². The molecule has 1 amide bonds. The molecular formula is C16H20N4O3. The molecule has 0 radical (unpaired) electrons. The van der Waals surface area contributed by atoms with E-state index in [4.69, 9.17) is 4.74 Å². The Hall–Kier alpha value is -2.57. The quantitative estimate of drug-likeness (QED) is 0.826. The van der Waals surface area contributed by atoms with Gasteiger partial charge in [0.2, 0.25) is 5.91 Å². The predicted molar refractivity (Wildman–Crippen MR) is 86.0 cm³/mol. The first-order valence-corrected chi connectivity index (χ1v) is 7.53. The van der Waals surface area contributed by atoms with Crippen molar-refractivity contribution in [3.8, 4) is 5.75 Å². The number of hydrogen-bond donors (Lipinski definition) is 0. The zero-order chi connectivity index (χ0) is 16.7. The maximum atomic E-state index is 12.7. The molecule has 0 bridgehead atoms. The maximum Gasteiger partial charge on any atom is 0.346 e. The van der Waals surface area contributed by atoms with Crippen LogP contribution in [0, 0.1) is 20.8 Å². The van der Waals surface area contributed by atoms with E-state index in [1.165, 1.54) is 9.25 Å². The van der Waals surface area contributed by atoms with E-state index in [-0.39, 0.29) is 18.1 Å². The number of benzene rings is 1. The van der Waals surface area contributed by atoms with E-state index in [1.807, 2.05) is 26.0 Å². The van der Waals surface area contributed by atoms with Crippen molar-refractivity contribution < 1.29 is 9.53 Å². The van der Waals surface area contributed by atoms with Gasteiger partial charge < -0.3 is 9.64 Å². The van der Waals surface area contributed by atoms with E-state index in [9.17, 15) is 9.59 Å². The average molecular weight is 316 g/mol. The molecule has 0 unspecified atom stereocenters. The maximum absolute atomic E-state index is 12.7. The van der Waals surface area contributed by atoms with Gasteiger partial charge in [0.1, 0.15) is 24.7 Å². The van der Waals surface area contributed by atoms with Crippen LogP contribution in [-0.2, 0) is 18.4 Å². The van der Waals surface area contributed by atoms with Crippen LogP contribution in [0.3, 0.4) is 0 Å². The first-order chi connectivity index (χ1) is 10.9. The van der Waals surface area contributed by atoms with Gasteiger partial charge >= 0.3 is 5.69 Å². The molecule has 122 valence electrons. The highest BCUT2D eigenvalue weighted by Crippen LogP contribution is 2.35. The minimum atomic E-state index is -0.287. The van der Waals surface area contributed by atoms with Crippen molar-refractivity contribution in [1.82, 2.24) is 14.3 Å². The molecule has 7 heteroatoms. The molecule has 0 saturated carbocycles. The van der Waals surface area contributed by atoms with Gasteiger partial charge in [-0.25, -0.2) is 9.48 Å². The summed E-state index contributed by atoms with van der Waals surface area (Å²) in [7, 11) is 1.64. The zero-order valence-corrected chi connectivity index (χ0v) is 13.8. The van der Waals surface area contributed by atoms with Gasteiger partial charge in [-0.1, -0.05) is 6.07 Å². The first-order valence-electron chi connectivity index (χ1n) is 7.53. The second-order valence-corrected chi connectivity index (χ2v) is 5.87. The SMILES string of the molecule is Cc1cc(C)c2c(c1)N(C(=O)Cn1nc(C)n(C)c1=O)CCO2. The lowest BCUT2D eigenvalue weighted by molar-refractivity contribution is -0.119. The lowest BCUT2D eigenvalue weighted by atomic mass is 10.1. The summed E-state index contributed by atoms with van der Waals surface area (Å²) in [6.07, 6.45) is 0. The van der Waals surface area contributed by atoms with Crippen molar-refractivity contribution in [2.24, 2.45) is 7.05 Å². The van der Waals surface area contributed by atoms with Crippen molar-refractivity contribution in [2.45, 2.75) is 27.3 Å². The van der Waals surface area contributed by atoms with E-state index in [0.717, 1.165) is 22.6 Å². The number of aryl methyl sites for hydroxylation is 3. The summed E-state index contributed by atoms with van der Waals surface area (Å²) in [4.78, 5) is 26.4. The Bertz CT molecular complexity index is 835. The largest absolute Gasteiger partial charge is 0.489 e. The van der Waals surface area contributed by atoms with Crippen LogP contribution in [0.2, 0.25) is 0 Å². The predicted octanol–water partition coefficient (Wildman–Crippen LogP) is 0.933. The topological polar surface area (TPSA) is 69.4 Å². The molecule has 1 aliphatic rings. The minimum Gasteiger partial charge on any atom is -0.489 e. The number of aromatic nitrogens is 3. The molecule has 0 N–H and O–H groups in total. The standard InChI is InChI=1S/C16H20N4O3/c1-10-7-11(2)15-13(8-10)19(5-6-23-15)14(21)9-20-16(22)18(4)12(3)17-20/h7-8H,5-6,9H2,1-4H3. The third-order valence-corrected chi connectivity index (χ3v) is 4.10. The van der Waals surface area contributed by atoms with Crippen LogP contribution in [-0.4, -0.2) is 33.4 Å². The van der Waals surface area contributed by atoms with Crippen LogP contribution in [0.5, 0.6) is 5.75 Å². The fraction of sp³-hybridized carbons (Fsp3) is 0.438. The number of carbonyl (C=O) groups excluding carboxylic acids is 1. The molecule has 7 nitrogen and oxygen atoms in total. The highest BCUT2D eigenvalue weighted by atomic mass is 16.5. The van der Waals surface area contributed by atoms with E-state index < -0.39 is 0 Å². The van der Waals surface area contributed by atoms with Crippen molar-refractivity contribution in [3.05, 3.63) is 39.6 Å². The Morgan fingerprint density at radius 2 is 2.04 bits per heavy atom. The lowest BCUT2D eigenvalue weighted by Gasteiger charge is -2.30. The molecule has 0 spiro atoms. The Balaban J connectivity index is 1.93. The Kier molecular flexibility index (Phi) is 3.71. The summed E-state index contributed by atoms with van der Waals surface area (Å²) in [6.45, 7) is 6.52. The second-order valence-electron chi connectivity index (χ2n) is 5.87. The third kappa shape index (κ3) is 2.62. The highest BCUT2D eigenvalue weighted by Gasteiger charge is 2.26. The number of hydrogen-bond acceptors (Lipinski definition) is 4. The summed E-state index contributed by atoms with van der Waals surface area (Å²) in [5, 5.41) is 4.12. The van der Waals surface area contributed by atoms with Crippen LogP contribution in [0.15, 0.2) is 16.9 Å². The number of anilines is 1. The van der Waals surface area contributed by atoms with Gasteiger partial charge in [-0.3, -0.25) is 9.36 Å². The number of rotatable bonds is 2. The molecule has 3 rings (SSSR count). The molecule has 2 aromatic rings. The summed E-state index contributed by atoms with van der Waals surface area (Å²) in [5.41, 5.74) is 2.54. The number of fused-ring (bicyclic) bond motifs is 1. The van der Waals surface area contributed by atoms with E-state index in [1.54, 1.807) is 18.9 Å². The number of amides is 1. The Morgan fingerprint density at radius 3 is 2.70 bits per heavy atom. The monoisotopic (exact) mass is 316 g/mol. The van der Waals surface area contributed by atoms with Crippen LogP contribution in [0.4, 0.5) is 5.69 Å². The fourth-order valence-electron chi connectivity index (χ4n) is 2.85. The van der Waals surface area contributed by atoms with Gasteiger partial charge in [0.05, 0.1) is 12.2 Å². The highest BCUT2D eigenvalue weighted by molar-refractivity contribution is 5.95. The van der Waals surface area contributed by atoms with Crippen LogP contribution in [0.1, 0.15) is 17.0 Å². The van der Waals surface area contributed by atoms with Crippen molar-refractivity contribution in [3.63, 3.8) is 0 Å². The van der Waals surface area contributed by atoms with E-state index >= 15 is 0 Å². The van der Waals surface area contributed by atoms with Gasteiger partial charge in [0.25, 0.3) is 0 Å². The second kappa shape index (κ2) is 5.57. The lowest BCUT2D eigenvalue weighted by Crippen LogP contribution is -2.41.